The van der Waals surface area contributed by atoms with Crippen LogP contribution in [0.1, 0.15) is 25.7 Å². The van der Waals surface area contributed by atoms with Crippen molar-refractivity contribution in [1.29, 1.82) is 0 Å². The van der Waals surface area contributed by atoms with Crippen LogP contribution in [0.5, 0.6) is 0 Å². The minimum absolute atomic E-state index is 0.832. The largest absolute Gasteiger partial charge is 0.356 e. The van der Waals surface area contributed by atoms with Gasteiger partial charge in [0, 0.05) is 31.4 Å². The summed E-state index contributed by atoms with van der Waals surface area (Å²) in [5, 5.41) is 7.85. The smallest absolute Gasteiger partial charge is 0.157 e. The van der Waals surface area contributed by atoms with E-state index < -0.39 is 0 Å². The zero-order valence-electron chi connectivity index (χ0n) is 11.7. The number of nitrogens with zero attached hydrogens (tertiary/aromatic N) is 4. The highest BCUT2D eigenvalue weighted by molar-refractivity contribution is 5.47. The van der Waals surface area contributed by atoms with Gasteiger partial charge in [0.05, 0.1) is 6.20 Å². The predicted octanol–water partition coefficient (Wildman–Crippen LogP) is 1.70. The highest BCUT2D eigenvalue weighted by Crippen LogP contribution is 2.24. The van der Waals surface area contributed by atoms with E-state index in [4.69, 9.17) is 0 Å². The third-order valence-corrected chi connectivity index (χ3v) is 4.45. The van der Waals surface area contributed by atoms with E-state index in [1.54, 1.807) is 6.20 Å². The Kier molecular flexibility index (Phi) is 3.07. The summed E-state index contributed by atoms with van der Waals surface area (Å²) in [6.45, 7) is 3.44. The van der Waals surface area contributed by atoms with Crippen molar-refractivity contribution in [3.8, 4) is 0 Å². The van der Waals surface area contributed by atoms with Crippen molar-refractivity contribution in [2.24, 2.45) is 5.92 Å². The summed E-state index contributed by atoms with van der Waals surface area (Å²) in [4.78, 5) is 7.08. The van der Waals surface area contributed by atoms with Gasteiger partial charge >= 0.3 is 0 Å². The van der Waals surface area contributed by atoms with E-state index in [-0.39, 0.29) is 0 Å². The van der Waals surface area contributed by atoms with Gasteiger partial charge in [0.25, 0.3) is 0 Å². The minimum atomic E-state index is 0.832. The molecule has 3 heterocycles. The predicted molar refractivity (Wildman–Crippen MR) is 78.9 cm³/mol. The fourth-order valence-corrected chi connectivity index (χ4v) is 2.97. The van der Waals surface area contributed by atoms with E-state index in [0.717, 1.165) is 36.5 Å². The first-order valence-electron chi connectivity index (χ1n) is 7.67. The highest BCUT2D eigenvalue weighted by Gasteiger charge is 2.24. The molecule has 0 aromatic carbocycles. The fraction of sp³-hybridized carbons (Fsp3) is 0.600. The normalized spacial score (nSPS) is 20.7. The van der Waals surface area contributed by atoms with Crippen molar-refractivity contribution in [2.45, 2.75) is 31.7 Å². The van der Waals surface area contributed by atoms with Gasteiger partial charge in [-0.1, -0.05) is 0 Å². The van der Waals surface area contributed by atoms with Gasteiger partial charge in [0.15, 0.2) is 5.65 Å². The lowest BCUT2D eigenvalue weighted by molar-refractivity contribution is 0.381. The molecule has 0 unspecified atom stereocenters. The molecule has 1 N–H and O–H groups in total. The molecule has 5 nitrogen and oxygen atoms in total. The van der Waals surface area contributed by atoms with Gasteiger partial charge in [-0.2, -0.15) is 5.10 Å². The van der Waals surface area contributed by atoms with Crippen molar-refractivity contribution >= 4 is 11.5 Å². The number of fused-ring (bicyclic) bond motifs is 1. The SMILES string of the molecule is c1cc2nc(N3CCC(CNC4CC4)CC3)ccn2n1. The van der Waals surface area contributed by atoms with Crippen LogP contribution in [0.2, 0.25) is 0 Å². The Bertz CT molecular complexity index is 581. The van der Waals surface area contributed by atoms with Gasteiger partial charge in [-0.05, 0) is 44.2 Å². The van der Waals surface area contributed by atoms with Crippen LogP contribution >= 0.6 is 0 Å². The van der Waals surface area contributed by atoms with Gasteiger partial charge in [-0.3, -0.25) is 0 Å². The Morgan fingerprint density at radius 2 is 2.00 bits per heavy atom. The number of nitrogens with one attached hydrogen (secondary N) is 1. The fourth-order valence-electron chi connectivity index (χ4n) is 2.97. The molecule has 5 heteroatoms. The lowest BCUT2D eigenvalue weighted by Crippen LogP contribution is -2.38. The van der Waals surface area contributed by atoms with Crippen LogP contribution in [0.25, 0.3) is 5.65 Å². The second-order valence-corrected chi connectivity index (χ2v) is 6.03. The summed E-state index contributed by atoms with van der Waals surface area (Å²) < 4.78 is 1.82. The molecule has 2 fully saturated rings. The molecule has 1 aliphatic heterocycles. The van der Waals surface area contributed by atoms with Crippen LogP contribution < -0.4 is 10.2 Å². The molecule has 0 bridgehead atoms. The minimum Gasteiger partial charge on any atom is -0.356 e. The summed E-state index contributed by atoms with van der Waals surface area (Å²) in [6.07, 6.45) is 9.10. The highest BCUT2D eigenvalue weighted by atomic mass is 15.3. The molecule has 1 saturated heterocycles. The molecule has 2 aromatic heterocycles. The Balaban J connectivity index is 1.37. The Hall–Kier alpha value is -1.62. The number of hydrogen-bond donors (Lipinski definition) is 1. The van der Waals surface area contributed by atoms with Crippen molar-refractivity contribution in [3.63, 3.8) is 0 Å². The van der Waals surface area contributed by atoms with Crippen LogP contribution in [0.3, 0.4) is 0 Å². The number of aromatic nitrogens is 3. The first-order valence-corrected chi connectivity index (χ1v) is 7.67. The molecular formula is C15H21N5. The Labute approximate surface area is 119 Å². The van der Waals surface area contributed by atoms with Crippen molar-refractivity contribution in [2.75, 3.05) is 24.5 Å². The van der Waals surface area contributed by atoms with Gasteiger partial charge in [-0.25, -0.2) is 9.50 Å². The standard InChI is InChI=1S/C15H21N5/c1-2-13(1)16-11-12-4-8-19(9-5-12)14-6-10-20-15(18-14)3-7-17-20/h3,6-7,10,12-13,16H,1-2,4-5,8-9,11H2. The number of rotatable bonds is 4. The van der Waals surface area contributed by atoms with Crippen molar-refractivity contribution in [1.82, 2.24) is 19.9 Å². The van der Waals surface area contributed by atoms with E-state index in [1.807, 2.05) is 16.8 Å². The van der Waals surface area contributed by atoms with Gasteiger partial charge in [0.1, 0.15) is 5.82 Å². The van der Waals surface area contributed by atoms with Gasteiger partial charge in [-0.15, -0.1) is 0 Å². The summed E-state index contributed by atoms with van der Waals surface area (Å²) in [5.74, 6) is 1.93. The van der Waals surface area contributed by atoms with Crippen LogP contribution in [0, 0.1) is 5.92 Å². The third kappa shape index (κ3) is 2.50. The molecule has 4 rings (SSSR count). The first kappa shape index (κ1) is 12.1. The van der Waals surface area contributed by atoms with Crippen LogP contribution in [-0.2, 0) is 0 Å². The number of piperidine rings is 1. The lowest BCUT2D eigenvalue weighted by atomic mass is 9.97. The second-order valence-electron chi connectivity index (χ2n) is 6.03. The topological polar surface area (TPSA) is 45.5 Å². The monoisotopic (exact) mass is 271 g/mol. The lowest BCUT2D eigenvalue weighted by Gasteiger charge is -2.33. The summed E-state index contributed by atoms with van der Waals surface area (Å²) in [6, 6.07) is 4.86. The maximum absolute atomic E-state index is 4.68. The zero-order valence-corrected chi connectivity index (χ0v) is 11.7. The quantitative estimate of drug-likeness (QED) is 0.919. The number of hydrogen-bond acceptors (Lipinski definition) is 4. The molecule has 0 radical (unpaired) electrons. The first-order chi connectivity index (χ1) is 9.88. The molecule has 0 amide bonds. The molecule has 2 aromatic rings. The van der Waals surface area contributed by atoms with E-state index in [9.17, 15) is 0 Å². The number of anilines is 1. The van der Waals surface area contributed by atoms with E-state index in [0.29, 0.717) is 0 Å². The average Bonchev–Trinajstić information content (AvgIpc) is 3.21. The molecule has 0 atom stereocenters. The second kappa shape index (κ2) is 5.05. The maximum Gasteiger partial charge on any atom is 0.157 e. The molecule has 0 spiro atoms. The average molecular weight is 271 g/mol. The van der Waals surface area contributed by atoms with Crippen molar-refractivity contribution in [3.05, 3.63) is 24.5 Å². The third-order valence-electron chi connectivity index (χ3n) is 4.45. The molecule has 1 aliphatic carbocycles. The van der Waals surface area contributed by atoms with E-state index in [1.165, 1.54) is 32.2 Å². The van der Waals surface area contributed by atoms with Crippen LogP contribution in [0.15, 0.2) is 24.5 Å². The van der Waals surface area contributed by atoms with Crippen LogP contribution in [-0.4, -0.2) is 40.3 Å². The molecular weight excluding hydrogens is 250 g/mol. The zero-order chi connectivity index (χ0) is 13.4. The van der Waals surface area contributed by atoms with E-state index in [2.05, 4.69) is 26.4 Å². The van der Waals surface area contributed by atoms with Gasteiger partial charge in [0.2, 0.25) is 0 Å². The van der Waals surface area contributed by atoms with Gasteiger partial charge < -0.3 is 10.2 Å². The Morgan fingerprint density at radius 1 is 1.15 bits per heavy atom. The summed E-state index contributed by atoms with van der Waals surface area (Å²) >= 11 is 0. The van der Waals surface area contributed by atoms with E-state index >= 15 is 0 Å². The summed E-state index contributed by atoms with van der Waals surface area (Å²) in [7, 11) is 0. The van der Waals surface area contributed by atoms with Crippen molar-refractivity contribution < 1.29 is 0 Å². The molecule has 20 heavy (non-hydrogen) atoms. The molecule has 106 valence electrons. The maximum atomic E-state index is 4.68. The molecule has 1 saturated carbocycles. The Morgan fingerprint density at radius 3 is 2.80 bits per heavy atom. The molecule has 2 aliphatic rings. The summed E-state index contributed by atoms with van der Waals surface area (Å²) in [5.41, 5.74) is 0.931. The van der Waals surface area contributed by atoms with Crippen LogP contribution in [0.4, 0.5) is 5.82 Å².